The lowest BCUT2D eigenvalue weighted by Gasteiger charge is -2.14. The summed E-state index contributed by atoms with van der Waals surface area (Å²) >= 11 is 0. The molecule has 0 unspecified atom stereocenters. The first-order valence-electron chi connectivity index (χ1n) is 10.1. The van der Waals surface area contributed by atoms with Crippen LogP contribution in [0.2, 0.25) is 0 Å². The quantitative estimate of drug-likeness (QED) is 0.520. The Morgan fingerprint density at radius 2 is 1.73 bits per heavy atom. The van der Waals surface area contributed by atoms with Crippen molar-refractivity contribution < 1.29 is 24.2 Å². The Balaban J connectivity index is 1.42. The molecule has 0 spiro atoms. The number of benzene rings is 2. The van der Waals surface area contributed by atoms with Gasteiger partial charge in [0.2, 0.25) is 0 Å². The summed E-state index contributed by atoms with van der Waals surface area (Å²) in [6, 6.07) is 16.0. The molecule has 2 amide bonds. The first kappa shape index (κ1) is 21.6. The summed E-state index contributed by atoms with van der Waals surface area (Å²) in [5.41, 5.74) is 4.52. The monoisotopic (exact) mass is 444 g/mol. The van der Waals surface area contributed by atoms with Gasteiger partial charge in [-0.3, -0.25) is 14.8 Å². The molecule has 3 N–H and O–H groups in total. The average molecular weight is 444 g/mol. The van der Waals surface area contributed by atoms with Crippen molar-refractivity contribution in [3.8, 4) is 23.0 Å². The third-order valence-electron chi connectivity index (χ3n) is 5.17. The number of ether oxygens (including phenoxy) is 1. The lowest BCUT2D eigenvalue weighted by atomic mass is 9.98. The Bertz CT molecular complexity index is 1260. The van der Waals surface area contributed by atoms with Gasteiger partial charge in [0.1, 0.15) is 12.2 Å². The lowest BCUT2D eigenvalue weighted by molar-refractivity contribution is -0.130. The van der Waals surface area contributed by atoms with Crippen LogP contribution in [0.1, 0.15) is 27.4 Å². The van der Waals surface area contributed by atoms with Crippen LogP contribution in [-0.4, -0.2) is 46.0 Å². The summed E-state index contributed by atoms with van der Waals surface area (Å²) in [5, 5.41) is 17.6. The van der Waals surface area contributed by atoms with Crippen molar-refractivity contribution in [1.29, 1.82) is 0 Å². The summed E-state index contributed by atoms with van der Waals surface area (Å²) in [6.45, 7) is -0.0383. The van der Waals surface area contributed by atoms with E-state index < -0.39 is 18.0 Å². The van der Waals surface area contributed by atoms with Gasteiger partial charge in [0.15, 0.2) is 5.82 Å². The van der Waals surface area contributed by atoms with Crippen LogP contribution in [0, 0.1) is 11.8 Å². The number of carboxylic acids is 1. The van der Waals surface area contributed by atoms with Crippen LogP contribution in [0.25, 0.3) is 11.1 Å². The van der Waals surface area contributed by atoms with E-state index >= 15 is 0 Å². The Morgan fingerprint density at radius 1 is 1.09 bits per heavy atom. The topological polar surface area (TPSA) is 123 Å². The van der Waals surface area contributed by atoms with E-state index in [4.69, 9.17) is 9.84 Å². The van der Waals surface area contributed by atoms with Gasteiger partial charge >= 0.3 is 12.1 Å². The van der Waals surface area contributed by atoms with Crippen molar-refractivity contribution in [3.05, 3.63) is 71.4 Å². The zero-order valence-electron chi connectivity index (χ0n) is 17.7. The summed E-state index contributed by atoms with van der Waals surface area (Å²) in [5.74, 6) is 2.29. The van der Waals surface area contributed by atoms with Gasteiger partial charge < -0.3 is 15.2 Å². The van der Waals surface area contributed by atoms with Crippen LogP contribution in [0.5, 0.6) is 0 Å². The molecule has 3 aromatic rings. The van der Waals surface area contributed by atoms with E-state index in [0.29, 0.717) is 0 Å². The predicted octanol–water partition coefficient (Wildman–Crippen LogP) is 2.60. The Hall–Kier alpha value is -4.58. The van der Waals surface area contributed by atoms with E-state index in [-0.39, 0.29) is 30.5 Å². The highest BCUT2D eigenvalue weighted by molar-refractivity contribution is 6.01. The first-order valence-corrected chi connectivity index (χ1v) is 10.1. The zero-order chi connectivity index (χ0) is 23.4. The van der Waals surface area contributed by atoms with E-state index in [0.717, 1.165) is 22.3 Å². The molecule has 0 bridgehead atoms. The number of aliphatic carboxylic acids is 1. The molecule has 0 fully saturated rings. The normalized spacial score (nSPS) is 11.5. The second kappa shape index (κ2) is 9.28. The molecule has 0 atom stereocenters. The number of amides is 2. The van der Waals surface area contributed by atoms with Gasteiger partial charge in [0.25, 0.3) is 5.91 Å². The molecule has 9 heteroatoms. The van der Waals surface area contributed by atoms with Crippen LogP contribution in [0.3, 0.4) is 0 Å². The SMILES string of the molecule is Cn1cc(C(=O)NCC#CC(=O)O)c(NC(=O)OCC2c3ccccc3-c3ccccc32)n1. The number of aromatic nitrogens is 2. The number of aryl methyl sites for hydroxylation is 1. The summed E-state index contributed by atoms with van der Waals surface area (Å²) in [7, 11) is 1.60. The maximum atomic E-state index is 12.5. The molecule has 1 heterocycles. The number of carbonyl (C=O) groups is 3. The third kappa shape index (κ3) is 4.70. The fraction of sp³-hybridized carbons (Fsp3) is 0.167. The minimum absolute atomic E-state index is 0.0263. The van der Waals surface area contributed by atoms with Crippen molar-refractivity contribution >= 4 is 23.8 Å². The molecule has 0 radical (unpaired) electrons. The van der Waals surface area contributed by atoms with Gasteiger partial charge in [0.05, 0.1) is 6.54 Å². The fourth-order valence-corrected chi connectivity index (χ4v) is 3.82. The smallest absolute Gasteiger partial charge is 0.412 e. The number of fused-ring (bicyclic) bond motifs is 3. The average Bonchev–Trinajstić information content (AvgIpc) is 3.32. The van der Waals surface area contributed by atoms with Crippen molar-refractivity contribution in [2.75, 3.05) is 18.5 Å². The number of carboxylic acid groups (broad SMARTS) is 1. The highest BCUT2D eigenvalue weighted by Crippen LogP contribution is 2.44. The maximum Gasteiger partial charge on any atom is 0.412 e. The molecular formula is C24H20N4O5. The van der Waals surface area contributed by atoms with Crippen LogP contribution in [0.4, 0.5) is 10.6 Å². The van der Waals surface area contributed by atoms with Gasteiger partial charge in [0, 0.05) is 25.1 Å². The zero-order valence-corrected chi connectivity index (χ0v) is 17.7. The van der Waals surface area contributed by atoms with Crippen LogP contribution >= 0.6 is 0 Å². The Labute approximate surface area is 189 Å². The molecule has 2 aromatic carbocycles. The first-order chi connectivity index (χ1) is 15.9. The molecular weight excluding hydrogens is 424 g/mol. The summed E-state index contributed by atoms with van der Waals surface area (Å²) in [4.78, 5) is 35.3. The summed E-state index contributed by atoms with van der Waals surface area (Å²) < 4.78 is 6.87. The van der Waals surface area contributed by atoms with Gasteiger partial charge in [-0.05, 0) is 22.3 Å². The molecule has 0 aliphatic heterocycles. The van der Waals surface area contributed by atoms with Gasteiger partial charge in [-0.2, -0.15) is 5.10 Å². The minimum Gasteiger partial charge on any atom is -0.472 e. The molecule has 0 saturated carbocycles. The molecule has 0 saturated heterocycles. The molecule has 1 aliphatic rings. The molecule has 33 heavy (non-hydrogen) atoms. The second-order valence-electron chi connectivity index (χ2n) is 7.31. The third-order valence-corrected chi connectivity index (χ3v) is 5.17. The number of anilines is 1. The molecule has 1 aromatic heterocycles. The maximum absolute atomic E-state index is 12.5. The molecule has 166 valence electrons. The van der Waals surface area contributed by atoms with Crippen molar-refractivity contribution in [3.63, 3.8) is 0 Å². The van der Waals surface area contributed by atoms with E-state index in [1.807, 2.05) is 54.5 Å². The predicted molar refractivity (Wildman–Crippen MR) is 120 cm³/mol. The van der Waals surface area contributed by atoms with Crippen LogP contribution < -0.4 is 10.6 Å². The molecule has 9 nitrogen and oxygen atoms in total. The number of hydrogen-bond donors (Lipinski definition) is 3. The fourth-order valence-electron chi connectivity index (χ4n) is 3.82. The summed E-state index contributed by atoms with van der Waals surface area (Å²) in [6.07, 6.45) is 0.689. The van der Waals surface area contributed by atoms with E-state index in [1.54, 1.807) is 7.05 Å². The van der Waals surface area contributed by atoms with Crippen LogP contribution in [-0.2, 0) is 16.6 Å². The lowest BCUT2D eigenvalue weighted by Crippen LogP contribution is -2.25. The number of carbonyl (C=O) groups excluding carboxylic acids is 2. The number of nitrogens with one attached hydrogen (secondary N) is 2. The molecule has 1 aliphatic carbocycles. The van der Waals surface area contributed by atoms with Gasteiger partial charge in [-0.25, -0.2) is 9.59 Å². The Morgan fingerprint density at radius 3 is 2.36 bits per heavy atom. The van der Waals surface area contributed by atoms with Crippen LogP contribution in [0.15, 0.2) is 54.7 Å². The standard InChI is InChI=1S/C24H20N4O5/c1-28-13-19(23(31)25-12-6-11-21(29)30)22(27-28)26-24(32)33-14-20-17-9-4-2-7-15(17)16-8-3-5-10-18(16)20/h2-5,7-10,13,20H,12,14H2,1H3,(H,25,31)(H,29,30)(H,26,27,32). The van der Waals surface area contributed by atoms with Crippen molar-refractivity contribution in [2.24, 2.45) is 7.05 Å². The minimum atomic E-state index is -1.29. The van der Waals surface area contributed by atoms with Gasteiger partial charge in [-0.1, -0.05) is 54.5 Å². The second-order valence-corrected chi connectivity index (χ2v) is 7.31. The Kier molecular flexibility index (Phi) is 6.09. The highest BCUT2D eigenvalue weighted by atomic mass is 16.5. The van der Waals surface area contributed by atoms with E-state index in [9.17, 15) is 14.4 Å². The number of hydrogen-bond acceptors (Lipinski definition) is 5. The number of rotatable bonds is 5. The molecule has 4 rings (SSSR count). The van der Waals surface area contributed by atoms with E-state index in [1.165, 1.54) is 10.9 Å². The van der Waals surface area contributed by atoms with Gasteiger partial charge in [-0.15, -0.1) is 0 Å². The van der Waals surface area contributed by atoms with Crippen molar-refractivity contribution in [1.82, 2.24) is 15.1 Å². The highest BCUT2D eigenvalue weighted by Gasteiger charge is 2.29. The van der Waals surface area contributed by atoms with Crippen molar-refractivity contribution in [2.45, 2.75) is 5.92 Å². The largest absolute Gasteiger partial charge is 0.472 e. The van der Waals surface area contributed by atoms with E-state index in [2.05, 4.69) is 21.7 Å². The number of nitrogens with zero attached hydrogens (tertiary/aromatic N) is 2.